The highest BCUT2D eigenvalue weighted by Gasteiger charge is 2.83. The Morgan fingerprint density at radius 3 is 2.24 bits per heavy atom. The van der Waals surface area contributed by atoms with Crippen molar-refractivity contribution < 1.29 is 24.2 Å². The van der Waals surface area contributed by atoms with Crippen molar-refractivity contribution in [1.82, 2.24) is 0 Å². The molecule has 5 nitrogen and oxygen atoms in total. The third kappa shape index (κ3) is 2.86. The Hall–Kier alpha value is -1.10. The molecule has 1 saturated heterocycles. The summed E-state index contributed by atoms with van der Waals surface area (Å²) in [5, 5.41) is 12.3. The number of carbonyl (C=O) groups is 2. The Kier molecular flexibility index (Phi) is 5.19. The topological polar surface area (TPSA) is 72.8 Å². The van der Waals surface area contributed by atoms with Crippen LogP contribution in [0.1, 0.15) is 120 Å². The molecular formula is C32H50O5. The monoisotopic (exact) mass is 514 g/mol. The summed E-state index contributed by atoms with van der Waals surface area (Å²) in [5.74, 6) is 0.660. The Balaban J connectivity index is 1.44. The second-order valence-electron chi connectivity index (χ2n) is 16.4. The van der Waals surface area contributed by atoms with Crippen molar-refractivity contribution in [2.45, 2.75) is 137 Å². The fourth-order valence-corrected chi connectivity index (χ4v) is 12.2. The van der Waals surface area contributed by atoms with Gasteiger partial charge in [0.15, 0.2) is 0 Å². The van der Waals surface area contributed by atoms with Crippen LogP contribution in [0.15, 0.2) is 0 Å². The van der Waals surface area contributed by atoms with Crippen molar-refractivity contribution in [2.24, 2.45) is 50.2 Å². The Labute approximate surface area is 223 Å². The second-order valence-corrected chi connectivity index (χ2v) is 16.4. The molecule has 1 heterocycles. The number of aliphatic hydroxyl groups is 1. The van der Waals surface area contributed by atoms with Gasteiger partial charge in [-0.2, -0.15) is 0 Å². The van der Waals surface area contributed by atoms with E-state index in [1.807, 2.05) is 0 Å². The molecule has 1 aliphatic heterocycles. The van der Waals surface area contributed by atoms with Crippen molar-refractivity contribution in [1.29, 1.82) is 0 Å². The van der Waals surface area contributed by atoms with Gasteiger partial charge in [-0.1, -0.05) is 48.5 Å². The zero-order valence-electron chi connectivity index (χ0n) is 24.5. The smallest absolute Gasteiger partial charge is 0.313 e. The maximum absolute atomic E-state index is 13.8. The van der Waals surface area contributed by atoms with Crippen LogP contribution in [-0.4, -0.2) is 34.9 Å². The van der Waals surface area contributed by atoms with Crippen LogP contribution in [0.5, 0.6) is 0 Å². The lowest BCUT2D eigenvalue weighted by molar-refractivity contribution is -0.317. The van der Waals surface area contributed by atoms with Gasteiger partial charge in [-0.3, -0.25) is 9.59 Å². The molecule has 208 valence electrons. The molecule has 0 aromatic heterocycles. The van der Waals surface area contributed by atoms with E-state index in [2.05, 4.69) is 48.5 Å². The van der Waals surface area contributed by atoms with Crippen LogP contribution in [0.3, 0.4) is 0 Å². The first kappa shape index (κ1) is 26.1. The fourth-order valence-electron chi connectivity index (χ4n) is 12.2. The average Bonchev–Trinajstić information content (AvgIpc) is 2.97. The lowest BCUT2D eigenvalue weighted by atomic mass is 9.30. The number of hydrogen-bond donors (Lipinski definition) is 1. The van der Waals surface area contributed by atoms with Crippen LogP contribution in [0, 0.1) is 50.2 Å². The minimum atomic E-state index is -0.779. The lowest BCUT2D eigenvalue weighted by Gasteiger charge is -2.74. The number of fused-ring (bicyclic) bond motifs is 4. The quantitative estimate of drug-likeness (QED) is 0.407. The van der Waals surface area contributed by atoms with Crippen LogP contribution in [-0.2, 0) is 19.1 Å². The molecule has 0 amide bonds. The van der Waals surface area contributed by atoms with Gasteiger partial charge < -0.3 is 14.6 Å². The Morgan fingerprint density at radius 1 is 0.892 bits per heavy atom. The van der Waals surface area contributed by atoms with Crippen molar-refractivity contribution in [3.63, 3.8) is 0 Å². The molecule has 2 bridgehead atoms. The zero-order chi connectivity index (χ0) is 27.0. The summed E-state index contributed by atoms with van der Waals surface area (Å²) in [6, 6.07) is 0. The summed E-state index contributed by atoms with van der Waals surface area (Å²) in [4.78, 5) is 25.7. The predicted molar refractivity (Wildman–Crippen MR) is 141 cm³/mol. The van der Waals surface area contributed by atoms with Gasteiger partial charge in [0.2, 0.25) is 0 Å². The molecule has 10 atom stereocenters. The number of carbonyl (C=O) groups excluding carboxylic acids is 2. The SMILES string of the molecule is CC(=O)O[C@@H]1CC[C@]2(C)[C@H](CC[C@@]3(C)[C@H]2C[C@@H](O)[C@@]24OC(=O)[C@]5(CCC(C)(C)C[C@@H]52)CC[C@@]43C)C1(C)C. The second kappa shape index (κ2) is 7.34. The van der Waals surface area contributed by atoms with Crippen LogP contribution in [0.2, 0.25) is 0 Å². The van der Waals surface area contributed by atoms with Crippen LogP contribution in [0.4, 0.5) is 0 Å². The number of ether oxygens (including phenoxy) is 2. The van der Waals surface area contributed by atoms with E-state index in [9.17, 15) is 14.7 Å². The lowest BCUT2D eigenvalue weighted by Crippen LogP contribution is -2.76. The summed E-state index contributed by atoms with van der Waals surface area (Å²) >= 11 is 0. The van der Waals surface area contributed by atoms with Gasteiger partial charge >= 0.3 is 11.9 Å². The van der Waals surface area contributed by atoms with Gasteiger partial charge in [-0.15, -0.1) is 0 Å². The van der Waals surface area contributed by atoms with Gasteiger partial charge in [-0.25, -0.2) is 0 Å². The predicted octanol–water partition coefficient (Wildman–Crippen LogP) is 6.45. The first-order chi connectivity index (χ1) is 17.0. The molecule has 0 unspecified atom stereocenters. The van der Waals surface area contributed by atoms with E-state index >= 15 is 0 Å². The van der Waals surface area contributed by atoms with Crippen molar-refractivity contribution in [3.8, 4) is 0 Å². The van der Waals surface area contributed by atoms with E-state index in [0.717, 1.165) is 57.8 Å². The van der Waals surface area contributed by atoms with E-state index in [1.165, 1.54) is 6.92 Å². The summed E-state index contributed by atoms with van der Waals surface area (Å²) in [5.41, 5.74) is -1.38. The van der Waals surface area contributed by atoms with Crippen molar-refractivity contribution in [3.05, 3.63) is 0 Å². The van der Waals surface area contributed by atoms with Gasteiger partial charge in [0.25, 0.3) is 0 Å². The minimum absolute atomic E-state index is 0.0132. The maximum atomic E-state index is 13.8. The summed E-state index contributed by atoms with van der Waals surface area (Å²) in [6.07, 6.45) is 8.83. The van der Waals surface area contributed by atoms with E-state index < -0.39 is 17.1 Å². The third-order valence-electron chi connectivity index (χ3n) is 14.3. The number of hydrogen-bond acceptors (Lipinski definition) is 5. The molecule has 6 rings (SSSR count). The molecule has 0 aromatic rings. The average molecular weight is 515 g/mol. The normalized spacial score (nSPS) is 55.2. The largest absolute Gasteiger partial charge is 0.462 e. The molecule has 0 aromatic carbocycles. The van der Waals surface area contributed by atoms with Gasteiger partial charge in [0, 0.05) is 23.7 Å². The number of rotatable bonds is 1. The van der Waals surface area contributed by atoms with E-state index in [4.69, 9.17) is 9.47 Å². The van der Waals surface area contributed by atoms with Crippen LogP contribution in [0.25, 0.3) is 0 Å². The molecule has 5 heteroatoms. The van der Waals surface area contributed by atoms with E-state index in [-0.39, 0.29) is 51.0 Å². The summed E-state index contributed by atoms with van der Waals surface area (Å²) in [7, 11) is 0. The summed E-state index contributed by atoms with van der Waals surface area (Å²) < 4.78 is 12.5. The molecule has 1 N–H and O–H groups in total. The zero-order valence-corrected chi connectivity index (χ0v) is 24.5. The highest BCUT2D eigenvalue weighted by molar-refractivity contribution is 5.82. The molecule has 0 radical (unpaired) electrons. The first-order valence-electron chi connectivity index (χ1n) is 15.1. The molecule has 6 aliphatic rings. The van der Waals surface area contributed by atoms with Gasteiger partial charge in [0.05, 0.1) is 11.5 Å². The van der Waals surface area contributed by atoms with E-state index in [0.29, 0.717) is 18.3 Å². The number of aliphatic hydroxyl groups excluding tert-OH is 1. The highest BCUT2D eigenvalue weighted by atomic mass is 16.6. The van der Waals surface area contributed by atoms with Crippen LogP contribution >= 0.6 is 0 Å². The Morgan fingerprint density at radius 2 is 1.57 bits per heavy atom. The standard InChI is InChI=1S/C32H50O5/c1-19(33)36-24-10-11-28(6)20(27(24,4)5)9-12-29(7)21(28)17-23(34)32-22-18-26(2,3)13-15-31(22,25(35)37-32)16-14-30(29,32)8/h20-24,34H,9-18H2,1-8H3/t20-,21+,22+,23-,24-,28-,29+,30-,31-,32+/m1/s1. The number of esters is 2. The van der Waals surface area contributed by atoms with Crippen molar-refractivity contribution >= 4 is 11.9 Å². The molecule has 5 aliphatic carbocycles. The van der Waals surface area contributed by atoms with Crippen LogP contribution < -0.4 is 0 Å². The molecule has 1 spiro atoms. The molecule has 5 saturated carbocycles. The fraction of sp³-hybridized carbons (Fsp3) is 0.938. The van der Waals surface area contributed by atoms with Gasteiger partial charge in [-0.05, 0) is 92.3 Å². The molecular weight excluding hydrogens is 464 g/mol. The third-order valence-corrected chi connectivity index (χ3v) is 14.3. The van der Waals surface area contributed by atoms with Crippen molar-refractivity contribution in [2.75, 3.05) is 0 Å². The minimum Gasteiger partial charge on any atom is -0.462 e. The first-order valence-corrected chi connectivity index (χ1v) is 15.1. The maximum Gasteiger partial charge on any atom is 0.313 e. The summed E-state index contributed by atoms with van der Waals surface area (Å²) in [6.45, 7) is 18.1. The van der Waals surface area contributed by atoms with E-state index in [1.54, 1.807) is 0 Å². The molecule has 6 fully saturated rings. The highest BCUT2D eigenvalue weighted by Crippen LogP contribution is 2.80. The Bertz CT molecular complexity index is 1030. The molecule has 37 heavy (non-hydrogen) atoms. The van der Waals surface area contributed by atoms with Gasteiger partial charge in [0.1, 0.15) is 11.7 Å².